The lowest BCUT2D eigenvalue weighted by molar-refractivity contribution is 0.0689. The van der Waals surface area contributed by atoms with Gasteiger partial charge < -0.3 is 15.2 Å². The van der Waals surface area contributed by atoms with Crippen LogP contribution in [0.4, 0.5) is 0 Å². The molecule has 2 N–H and O–H groups in total. The highest BCUT2D eigenvalue weighted by atomic mass is 16.5. The van der Waals surface area contributed by atoms with Crippen molar-refractivity contribution >= 4 is 11.9 Å². The first-order valence-electron chi connectivity index (χ1n) is 7.01. The van der Waals surface area contributed by atoms with Crippen molar-refractivity contribution in [1.82, 2.24) is 15.3 Å². The molecule has 0 aliphatic rings. The summed E-state index contributed by atoms with van der Waals surface area (Å²) in [6.07, 6.45) is 2.17. The van der Waals surface area contributed by atoms with Gasteiger partial charge >= 0.3 is 5.97 Å². The Bertz CT molecular complexity index is 714. The van der Waals surface area contributed by atoms with E-state index in [0.29, 0.717) is 13.2 Å². The molecular weight excluding hydrogens is 298 g/mol. The summed E-state index contributed by atoms with van der Waals surface area (Å²) in [6.45, 7) is 4.58. The number of carboxylic acid groups (broad SMARTS) is 1. The van der Waals surface area contributed by atoms with Crippen molar-refractivity contribution in [1.29, 1.82) is 0 Å². The summed E-state index contributed by atoms with van der Waals surface area (Å²) in [5, 5.41) is 11.4. The van der Waals surface area contributed by atoms with Crippen molar-refractivity contribution in [3.63, 3.8) is 0 Å². The fourth-order valence-corrected chi connectivity index (χ4v) is 1.93. The predicted molar refractivity (Wildman–Crippen MR) is 82.7 cm³/mol. The van der Waals surface area contributed by atoms with Crippen LogP contribution in [0.1, 0.15) is 32.1 Å². The standard InChI is InChI=1S/C16H17N3O4/c1-10-3-4-14(11(2)7-10)23-6-5-17-15(20)12-8-19-13(9-18-12)16(21)22/h3-4,7-9H,5-6H2,1-2H3,(H,17,20)(H,21,22). The third-order valence-electron chi connectivity index (χ3n) is 3.08. The molecule has 0 atom stereocenters. The monoisotopic (exact) mass is 315 g/mol. The van der Waals surface area contributed by atoms with Crippen LogP contribution in [0.25, 0.3) is 0 Å². The quantitative estimate of drug-likeness (QED) is 0.785. The second kappa shape index (κ2) is 7.35. The third-order valence-corrected chi connectivity index (χ3v) is 3.08. The van der Waals surface area contributed by atoms with E-state index in [1.165, 1.54) is 0 Å². The van der Waals surface area contributed by atoms with E-state index in [0.717, 1.165) is 29.3 Å². The largest absolute Gasteiger partial charge is 0.491 e. The van der Waals surface area contributed by atoms with E-state index in [4.69, 9.17) is 9.84 Å². The number of rotatable bonds is 6. The molecule has 1 aromatic heterocycles. The zero-order chi connectivity index (χ0) is 16.8. The normalized spacial score (nSPS) is 10.2. The summed E-state index contributed by atoms with van der Waals surface area (Å²) in [4.78, 5) is 29.9. The number of aromatic nitrogens is 2. The van der Waals surface area contributed by atoms with Crippen molar-refractivity contribution in [2.45, 2.75) is 13.8 Å². The third kappa shape index (κ3) is 4.50. The summed E-state index contributed by atoms with van der Waals surface area (Å²) in [5.74, 6) is -0.847. The Labute approximate surface area is 133 Å². The van der Waals surface area contributed by atoms with Crippen LogP contribution in [-0.2, 0) is 0 Å². The van der Waals surface area contributed by atoms with Gasteiger partial charge in [0, 0.05) is 0 Å². The Morgan fingerprint density at radius 3 is 2.48 bits per heavy atom. The maximum absolute atomic E-state index is 11.8. The summed E-state index contributed by atoms with van der Waals surface area (Å²) in [7, 11) is 0. The summed E-state index contributed by atoms with van der Waals surface area (Å²) in [6, 6.07) is 5.87. The van der Waals surface area contributed by atoms with Crippen LogP contribution in [0.15, 0.2) is 30.6 Å². The van der Waals surface area contributed by atoms with Crippen molar-refractivity contribution in [2.75, 3.05) is 13.2 Å². The van der Waals surface area contributed by atoms with Gasteiger partial charge in [0.1, 0.15) is 18.1 Å². The number of amides is 1. The molecule has 2 aromatic rings. The maximum Gasteiger partial charge on any atom is 0.356 e. The Hall–Kier alpha value is -2.96. The SMILES string of the molecule is Cc1ccc(OCCNC(=O)c2cnc(C(=O)O)cn2)c(C)c1. The first kappa shape index (κ1) is 16.4. The molecule has 0 fully saturated rings. The lowest BCUT2D eigenvalue weighted by atomic mass is 10.1. The molecule has 0 saturated carbocycles. The van der Waals surface area contributed by atoms with Crippen molar-refractivity contribution in [3.05, 3.63) is 53.1 Å². The van der Waals surface area contributed by atoms with Crippen molar-refractivity contribution < 1.29 is 19.4 Å². The van der Waals surface area contributed by atoms with E-state index in [-0.39, 0.29) is 11.4 Å². The summed E-state index contributed by atoms with van der Waals surface area (Å²) in [5.41, 5.74) is 2.04. The average Bonchev–Trinajstić information content (AvgIpc) is 2.53. The Morgan fingerprint density at radius 1 is 1.17 bits per heavy atom. The van der Waals surface area contributed by atoms with Crippen molar-refractivity contribution in [2.24, 2.45) is 0 Å². The summed E-state index contributed by atoms with van der Waals surface area (Å²) >= 11 is 0. The minimum absolute atomic E-state index is 0.0570. The number of carbonyl (C=O) groups excluding carboxylic acids is 1. The predicted octanol–water partition coefficient (Wildman–Crippen LogP) is 1.60. The lowest BCUT2D eigenvalue weighted by Gasteiger charge is -2.10. The van der Waals surface area contributed by atoms with Gasteiger partial charge in [0.15, 0.2) is 5.69 Å². The van der Waals surface area contributed by atoms with Gasteiger partial charge in [0.25, 0.3) is 5.91 Å². The van der Waals surface area contributed by atoms with Crippen molar-refractivity contribution in [3.8, 4) is 5.75 Å². The molecule has 120 valence electrons. The van der Waals surface area contributed by atoms with Gasteiger partial charge in [-0.3, -0.25) is 4.79 Å². The number of hydrogen-bond donors (Lipinski definition) is 2. The minimum Gasteiger partial charge on any atom is -0.491 e. The van der Waals surface area contributed by atoms with Crippen LogP contribution in [-0.4, -0.2) is 40.1 Å². The highest BCUT2D eigenvalue weighted by Gasteiger charge is 2.10. The Morgan fingerprint density at radius 2 is 1.87 bits per heavy atom. The number of aryl methyl sites for hydroxylation is 2. The highest BCUT2D eigenvalue weighted by Crippen LogP contribution is 2.18. The first-order chi connectivity index (χ1) is 11.0. The van der Waals surface area contributed by atoms with Gasteiger partial charge in [-0.2, -0.15) is 0 Å². The molecule has 0 aliphatic carbocycles. The molecule has 0 aliphatic heterocycles. The number of aromatic carboxylic acids is 1. The second-order valence-corrected chi connectivity index (χ2v) is 4.97. The van der Waals surface area contributed by atoms with Crippen LogP contribution in [0.5, 0.6) is 5.75 Å². The molecule has 23 heavy (non-hydrogen) atoms. The van der Waals surface area contributed by atoms with E-state index in [9.17, 15) is 9.59 Å². The first-order valence-corrected chi connectivity index (χ1v) is 7.01. The van der Waals surface area contributed by atoms with E-state index >= 15 is 0 Å². The number of carbonyl (C=O) groups is 2. The van der Waals surface area contributed by atoms with Gasteiger partial charge in [-0.05, 0) is 25.5 Å². The number of carboxylic acids is 1. The van der Waals surface area contributed by atoms with E-state index in [2.05, 4.69) is 15.3 Å². The minimum atomic E-state index is -1.19. The fraction of sp³-hybridized carbons (Fsp3) is 0.250. The average molecular weight is 315 g/mol. The molecule has 1 amide bonds. The van der Waals surface area contributed by atoms with Crippen LogP contribution in [0.3, 0.4) is 0 Å². The number of benzene rings is 1. The number of ether oxygens (including phenoxy) is 1. The van der Waals surface area contributed by atoms with E-state index in [1.807, 2.05) is 32.0 Å². The van der Waals surface area contributed by atoms with Gasteiger partial charge in [-0.15, -0.1) is 0 Å². The van der Waals surface area contributed by atoms with Crippen LogP contribution >= 0.6 is 0 Å². The van der Waals surface area contributed by atoms with Crippen LogP contribution in [0.2, 0.25) is 0 Å². The van der Waals surface area contributed by atoms with Gasteiger partial charge in [0.05, 0.1) is 18.9 Å². The van der Waals surface area contributed by atoms with E-state index in [1.54, 1.807) is 0 Å². The number of nitrogens with one attached hydrogen (secondary N) is 1. The molecule has 1 heterocycles. The highest BCUT2D eigenvalue weighted by molar-refractivity contribution is 5.92. The number of hydrogen-bond acceptors (Lipinski definition) is 5. The Kier molecular flexibility index (Phi) is 5.24. The maximum atomic E-state index is 11.8. The molecule has 2 rings (SSSR count). The van der Waals surface area contributed by atoms with Crippen LogP contribution in [0, 0.1) is 13.8 Å². The molecule has 0 spiro atoms. The molecule has 7 nitrogen and oxygen atoms in total. The molecule has 0 saturated heterocycles. The Balaban J connectivity index is 1.81. The lowest BCUT2D eigenvalue weighted by Crippen LogP contribution is -2.29. The van der Waals surface area contributed by atoms with Gasteiger partial charge in [-0.25, -0.2) is 14.8 Å². The fourth-order valence-electron chi connectivity index (χ4n) is 1.93. The molecule has 1 aromatic carbocycles. The topological polar surface area (TPSA) is 101 Å². The van der Waals surface area contributed by atoms with E-state index < -0.39 is 11.9 Å². The zero-order valence-corrected chi connectivity index (χ0v) is 12.9. The second-order valence-electron chi connectivity index (χ2n) is 4.97. The smallest absolute Gasteiger partial charge is 0.356 e. The zero-order valence-electron chi connectivity index (χ0n) is 12.9. The molecule has 7 heteroatoms. The molecular formula is C16H17N3O4. The van der Waals surface area contributed by atoms with Gasteiger partial charge in [0.2, 0.25) is 0 Å². The molecule has 0 bridgehead atoms. The molecule has 0 unspecified atom stereocenters. The summed E-state index contributed by atoms with van der Waals surface area (Å²) < 4.78 is 5.60. The molecule has 0 radical (unpaired) electrons. The van der Waals surface area contributed by atoms with Gasteiger partial charge in [-0.1, -0.05) is 17.7 Å². The van der Waals surface area contributed by atoms with Crippen LogP contribution < -0.4 is 10.1 Å². The number of nitrogens with zero attached hydrogens (tertiary/aromatic N) is 2.